The molecule has 0 heterocycles. The molecule has 0 fully saturated rings. The smallest absolute Gasteiger partial charge is 0.306 e. The number of carbonyl (C=O) groups excluding carboxylic acids is 2. The number of hydrogen-bond acceptors (Lipinski definition) is 4. The lowest BCUT2D eigenvalue weighted by molar-refractivity contribution is -0.153. The van der Waals surface area contributed by atoms with E-state index in [-0.39, 0.29) is 6.42 Å². The Kier molecular flexibility index (Phi) is 6.83. The number of benzene rings is 2. The van der Waals surface area contributed by atoms with Gasteiger partial charge < -0.3 is 14.8 Å². The summed E-state index contributed by atoms with van der Waals surface area (Å²) in [6, 6.07) is 14.3. The van der Waals surface area contributed by atoms with E-state index in [1.165, 1.54) is 6.92 Å². The van der Waals surface area contributed by atoms with E-state index in [0.717, 1.165) is 11.3 Å². The van der Waals surface area contributed by atoms with Crippen LogP contribution in [0, 0.1) is 0 Å². The molecular weight excluding hydrogens is 342 g/mol. The Hall–Kier alpha value is -2.53. The minimum atomic E-state index is -0.903. The van der Waals surface area contributed by atoms with Crippen molar-refractivity contribution in [2.45, 2.75) is 25.9 Å². The molecule has 2 rings (SSSR count). The number of nitrogens with one attached hydrogen (secondary N) is 1. The molecule has 0 radical (unpaired) electrons. The summed E-state index contributed by atoms with van der Waals surface area (Å²) in [6.45, 7) is 1.53. The maximum absolute atomic E-state index is 12.1. The van der Waals surface area contributed by atoms with Crippen LogP contribution < -0.4 is 10.1 Å². The third-order valence-corrected chi connectivity index (χ3v) is 3.92. The molecule has 1 atom stereocenters. The highest BCUT2D eigenvalue weighted by atomic mass is 35.5. The van der Waals surface area contributed by atoms with Crippen LogP contribution in [0.4, 0.5) is 5.69 Å². The number of halogens is 1. The van der Waals surface area contributed by atoms with Crippen LogP contribution in [0.5, 0.6) is 5.75 Å². The molecule has 132 valence electrons. The molecule has 0 aliphatic heterocycles. The van der Waals surface area contributed by atoms with Crippen molar-refractivity contribution >= 4 is 29.2 Å². The zero-order valence-corrected chi connectivity index (χ0v) is 14.9. The summed E-state index contributed by atoms with van der Waals surface area (Å²) in [5.41, 5.74) is 1.47. The molecule has 0 saturated heterocycles. The lowest BCUT2D eigenvalue weighted by atomic mass is 10.1. The molecule has 25 heavy (non-hydrogen) atoms. The summed E-state index contributed by atoms with van der Waals surface area (Å²) in [7, 11) is 1.60. The summed E-state index contributed by atoms with van der Waals surface area (Å²) in [5, 5.41) is 3.06. The van der Waals surface area contributed by atoms with Gasteiger partial charge in [0.25, 0.3) is 5.91 Å². The predicted molar refractivity (Wildman–Crippen MR) is 97.0 cm³/mol. The van der Waals surface area contributed by atoms with Crippen molar-refractivity contribution in [2.24, 2.45) is 0 Å². The van der Waals surface area contributed by atoms with Crippen molar-refractivity contribution < 1.29 is 19.1 Å². The number of para-hydroxylation sites is 1. The van der Waals surface area contributed by atoms with E-state index in [1.807, 2.05) is 24.3 Å². The predicted octanol–water partition coefficient (Wildman–Crippen LogP) is 3.85. The van der Waals surface area contributed by atoms with Crippen molar-refractivity contribution in [3.05, 3.63) is 59.1 Å². The highest BCUT2D eigenvalue weighted by molar-refractivity contribution is 6.33. The summed E-state index contributed by atoms with van der Waals surface area (Å²) in [5.74, 6) is -0.0975. The number of amides is 1. The van der Waals surface area contributed by atoms with E-state index in [2.05, 4.69) is 5.32 Å². The first-order valence-corrected chi connectivity index (χ1v) is 8.25. The Morgan fingerprint density at radius 3 is 2.44 bits per heavy atom. The van der Waals surface area contributed by atoms with Gasteiger partial charge in [0.15, 0.2) is 6.10 Å². The number of esters is 1. The third kappa shape index (κ3) is 5.80. The number of ether oxygens (including phenoxy) is 2. The fourth-order valence-electron chi connectivity index (χ4n) is 2.15. The van der Waals surface area contributed by atoms with Gasteiger partial charge >= 0.3 is 5.97 Å². The summed E-state index contributed by atoms with van der Waals surface area (Å²) in [6.07, 6.45) is -0.183. The molecule has 0 unspecified atom stereocenters. The number of methoxy groups -OCH3 is 1. The van der Waals surface area contributed by atoms with Gasteiger partial charge in [-0.15, -0.1) is 0 Å². The van der Waals surface area contributed by atoms with Crippen LogP contribution in [-0.4, -0.2) is 25.1 Å². The van der Waals surface area contributed by atoms with Crippen molar-refractivity contribution in [1.29, 1.82) is 0 Å². The molecule has 0 aromatic heterocycles. The first-order valence-electron chi connectivity index (χ1n) is 7.87. The number of rotatable bonds is 7. The molecule has 0 aliphatic carbocycles. The Morgan fingerprint density at radius 1 is 1.12 bits per heavy atom. The normalized spacial score (nSPS) is 11.5. The van der Waals surface area contributed by atoms with Crippen molar-refractivity contribution in [3.8, 4) is 5.75 Å². The highest BCUT2D eigenvalue weighted by Crippen LogP contribution is 2.20. The number of anilines is 1. The van der Waals surface area contributed by atoms with Gasteiger partial charge in [-0.05, 0) is 43.2 Å². The van der Waals surface area contributed by atoms with Gasteiger partial charge in [0.1, 0.15) is 5.75 Å². The second kappa shape index (κ2) is 9.08. The number of carbonyl (C=O) groups is 2. The largest absolute Gasteiger partial charge is 0.497 e. The Morgan fingerprint density at radius 2 is 1.80 bits per heavy atom. The molecule has 1 amide bonds. The summed E-state index contributed by atoms with van der Waals surface area (Å²) in [4.78, 5) is 24.0. The van der Waals surface area contributed by atoms with Gasteiger partial charge in [-0.1, -0.05) is 35.9 Å². The number of aryl methyl sites for hydroxylation is 1. The Balaban J connectivity index is 1.80. The van der Waals surface area contributed by atoms with Crippen LogP contribution in [0.25, 0.3) is 0 Å². The van der Waals surface area contributed by atoms with Crippen molar-refractivity contribution in [1.82, 2.24) is 0 Å². The van der Waals surface area contributed by atoms with E-state index in [1.54, 1.807) is 31.4 Å². The van der Waals surface area contributed by atoms with E-state index < -0.39 is 18.0 Å². The van der Waals surface area contributed by atoms with Gasteiger partial charge in [-0.25, -0.2) is 0 Å². The quantitative estimate of drug-likeness (QED) is 0.761. The van der Waals surface area contributed by atoms with Crippen molar-refractivity contribution in [3.63, 3.8) is 0 Å². The average Bonchev–Trinajstić information content (AvgIpc) is 2.62. The van der Waals surface area contributed by atoms with Gasteiger partial charge in [0.05, 0.1) is 17.8 Å². The Labute approximate surface area is 151 Å². The second-order valence-corrected chi connectivity index (χ2v) is 5.86. The Bertz CT molecular complexity index is 730. The van der Waals surface area contributed by atoms with Crippen LogP contribution in [0.2, 0.25) is 5.02 Å². The van der Waals surface area contributed by atoms with Gasteiger partial charge in [-0.3, -0.25) is 9.59 Å². The topological polar surface area (TPSA) is 64.6 Å². The molecule has 1 N–H and O–H groups in total. The first-order chi connectivity index (χ1) is 12.0. The molecule has 0 spiro atoms. The van der Waals surface area contributed by atoms with Crippen molar-refractivity contribution in [2.75, 3.05) is 12.4 Å². The fraction of sp³-hybridized carbons (Fsp3) is 0.263. The zero-order chi connectivity index (χ0) is 18.2. The molecule has 0 saturated carbocycles. The van der Waals surface area contributed by atoms with Crippen LogP contribution in [-0.2, 0) is 20.7 Å². The minimum absolute atomic E-state index is 0.191. The molecule has 0 aliphatic rings. The van der Waals surface area contributed by atoms with E-state index in [0.29, 0.717) is 17.1 Å². The molecular formula is C19H20ClNO4. The highest BCUT2D eigenvalue weighted by Gasteiger charge is 2.18. The average molecular weight is 362 g/mol. The van der Waals surface area contributed by atoms with Gasteiger partial charge in [0.2, 0.25) is 0 Å². The molecule has 5 nitrogen and oxygen atoms in total. The molecule has 2 aromatic rings. The third-order valence-electron chi connectivity index (χ3n) is 3.59. The first kappa shape index (κ1) is 18.8. The lowest BCUT2D eigenvalue weighted by Gasteiger charge is -2.14. The van der Waals surface area contributed by atoms with Crippen LogP contribution >= 0.6 is 11.6 Å². The van der Waals surface area contributed by atoms with E-state index in [9.17, 15) is 9.59 Å². The summed E-state index contributed by atoms with van der Waals surface area (Å²) < 4.78 is 10.3. The maximum atomic E-state index is 12.1. The SMILES string of the molecule is COc1ccc(CCC(=O)O[C@@H](C)C(=O)Nc2ccccc2Cl)cc1. The second-order valence-electron chi connectivity index (χ2n) is 5.45. The maximum Gasteiger partial charge on any atom is 0.306 e. The van der Waals surface area contributed by atoms with Crippen LogP contribution in [0.15, 0.2) is 48.5 Å². The monoisotopic (exact) mass is 361 g/mol. The molecule has 6 heteroatoms. The van der Waals surface area contributed by atoms with Gasteiger partial charge in [0, 0.05) is 6.42 Å². The summed E-state index contributed by atoms with van der Waals surface area (Å²) >= 11 is 5.99. The van der Waals surface area contributed by atoms with E-state index in [4.69, 9.17) is 21.1 Å². The van der Waals surface area contributed by atoms with E-state index >= 15 is 0 Å². The fourth-order valence-corrected chi connectivity index (χ4v) is 2.33. The minimum Gasteiger partial charge on any atom is -0.497 e. The van der Waals surface area contributed by atoms with Gasteiger partial charge in [-0.2, -0.15) is 0 Å². The zero-order valence-electron chi connectivity index (χ0n) is 14.1. The van der Waals surface area contributed by atoms with Crippen LogP contribution in [0.3, 0.4) is 0 Å². The molecule has 0 bridgehead atoms. The lowest BCUT2D eigenvalue weighted by Crippen LogP contribution is -2.30. The number of hydrogen-bond donors (Lipinski definition) is 1. The molecule has 2 aromatic carbocycles. The standard InChI is InChI=1S/C19H20ClNO4/c1-13(19(23)21-17-6-4-3-5-16(17)20)25-18(22)12-9-14-7-10-15(24-2)11-8-14/h3-8,10-11,13H,9,12H2,1-2H3,(H,21,23)/t13-/m0/s1. The van der Waals surface area contributed by atoms with Crippen LogP contribution in [0.1, 0.15) is 18.9 Å².